The van der Waals surface area contributed by atoms with Crippen LogP contribution in [0.2, 0.25) is 5.02 Å². The number of aliphatic hydroxyl groups is 1. The Morgan fingerprint density at radius 3 is 2.38 bits per heavy atom. The summed E-state index contributed by atoms with van der Waals surface area (Å²) in [6.45, 7) is 1.11. The van der Waals surface area contributed by atoms with E-state index in [-0.39, 0.29) is 6.61 Å². The van der Waals surface area contributed by atoms with Gasteiger partial charge in [0.15, 0.2) is 0 Å². The topological polar surface area (TPSA) is 46.5 Å². The lowest BCUT2D eigenvalue weighted by Crippen LogP contribution is -2.52. The van der Waals surface area contributed by atoms with Crippen molar-refractivity contribution >= 4 is 23.6 Å². The summed E-state index contributed by atoms with van der Waals surface area (Å²) in [5.41, 5.74) is -2.96. The second kappa shape index (κ2) is 6.95. The summed E-state index contributed by atoms with van der Waals surface area (Å²) in [7, 11) is 0. The Morgan fingerprint density at radius 1 is 1.33 bits per heavy atom. The molecule has 0 amide bonds. The summed E-state index contributed by atoms with van der Waals surface area (Å²) in [5, 5.41) is 10.1. The minimum Gasteiger partial charge on any atom is -0.464 e. The molecule has 0 saturated heterocycles. The van der Waals surface area contributed by atoms with Gasteiger partial charge in [0.2, 0.25) is 0 Å². The third-order valence-corrected chi connectivity index (χ3v) is 2.93. The van der Waals surface area contributed by atoms with E-state index < -0.39 is 24.2 Å². The highest BCUT2D eigenvalue weighted by Crippen LogP contribution is 2.34. The fourth-order valence-electron chi connectivity index (χ4n) is 1.50. The van der Waals surface area contributed by atoms with Gasteiger partial charge in [0, 0.05) is 11.4 Å². The zero-order chi connectivity index (χ0) is 16.1. The number of alkyl halides is 3. The van der Waals surface area contributed by atoms with Crippen molar-refractivity contribution in [2.24, 2.45) is 0 Å². The van der Waals surface area contributed by atoms with Crippen LogP contribution in [0.3, 0.4) is 0 Å². The molecule has 0 saturated carbocycles. The lowest BCUT2D eigenvalue weighted by molar-refractivity contribution is -0.261. The van der Waals surface area contributed by atoms with Crippen molar-refractivity contribution in [2.45, 2.75) is 25.1 Å². The van der Waals surface area contributed by atoms with Crippen molar-refractivity contribution in [3.63, 3.8) is 0 Å². The van der Waals surface area contributed by atoms with E-state index in [4.69, 9.17) is 11.6 Å². The summed E-state index contributed by atoms with van der Waals surface area (Å²) in [6, 6.07) is 6.33. The number of esters is 1. The summed E-state index contributed by atoms with van der Waals surface area (Å²) in [4.78, 5) is 11.4. The molecule has 0 spiro atoms. The molecule has 1 N–H and O–H groups in total. The first-order chi connectivity index (χ1) is 9.70. The van der Waals surface area contributed by atoms with Crippen LogP contribution in [0.15, 0.2) is 30.3 Å². The SMILES string of the molecule is CCOC(=O)C(O)(CC=Cc1ccc(Cl)cc1)C(F)(F)F. The molecule has 1 atom stereocenters. The highest BCUT2D eigenvalue weighted by atomic mass is 35.5. The number of halogens is 4. The van der Waals surface area contributed by atoms with Crippen LogP contribution in [0, 0.1) is 0 Å². The largest absolute Gasteiger partial charge is 0.464 e. The van der Waals surface area contributed by atoms with E-state index in [1.54, 1.807) is 24.3 Å². The molecule has 0 heterocycles. The fraction of sp³-hybridized carbons (Fsp3) is 0.357. The maximum atomic E-state index is 12.9. The van der Waals surface area contributed by atoms with Gasteiger partial charge in [-0.25, -0.2) is 4.79 Å². The Hall–Kier alpha value is -1.53. The van der Waals surface area contributed by atoms with E-state index in [2.05, 4.69) is 4.74 Å². The van der Waals surface area contributed by atoms with Crippen LogP contribution in [-0.2, 0) is 9.53 Å². The number of carbonyl (C=O) groups is 1. The van der Waals surface area contributed by atoms with Crippen LogP contribution in [0.1, 0.15) is 18.9 Å². The number of carbonyl (C=O) groups excluding carboxylic acids is 1. The van der Waals surface area contributed by atoms with Gasteiger partial charge in [-0.15, -0.1) is 0 Å². The predicted octanol–water partition coefficient (Wildman–Crippen LogP) is 3.60. The summed E-state index contributed by atoms with van der Waals surface area (Å²) in [5.74, 6) is -1.71. The van der Waals surface area contributed by atoms with Crippen LogP contribution in [-0.4, -0.2) is 29.5 Å². The first-order valence-corrected chi connectivity index (χ1v) is 6.47. The highest BCUT2D eigenvalue weighted by Gasteiger charge is 2.59. The Morgan fingerprint density at radius 2 is 1.90 bits per heavy atom. The molecule has 0 aliphatic heterocycles. The Bertz CT molecular complexity index is 511. The molecule has 0 fully saturated rings. The van der Waals surface area contributed by atoms with Crippen molar-refractivity contribution in [2.75, 3.05) is 6.61 Å². The molecular weight excluding hydrogens is 309 g/mol. The highest BCUT2D eigenvalue weighted by molar-refractivity contribution is 6.30. The number of ether oxygens (including phenoxy) is 1. The predicted molar refractivity (Wildman–Crippen MR) is 72.7 cm³/mol. The Balaban J connectivity index is 2.88. The maximum Gasteiger partial charge on any atom is 0.428 e. The van der Waals surface area contributed by atoms with Crippen LogP contribution in [0.25, 0.3) is 6.08 Å². The summed E-state index contributed by atoms with van der Waals surface area (Å²) >= 11 is 5.68. The normalized spacial score (nSPS) is 15.0. The number of rotatable bonds is 5. The van der Waals surface area contributed by atoms with Gasteiger partial charge >= 0.3 is 12.1 Å². The van der Waals surface area contributed by atoms with Crippen molar-refractivity contribution in [3.05, 3.63) is 40.9 Å². The van der Waals surface area contributed by atoms with E-state index in [0.29, 0.717) is 10.6 Å². The number of hydrogen-bond donors (Lipinski definition) is 1. The molecule has 0 radical (unpaired) electrons. The van der Waals surface area contributed by atoms with Crippen LogP contribution in [0.5, 0.6) is 0 Å². The van der Waals surface area contributed by atoms with E-state index >= 15 is 0 Å². The molecule has 0 aromatic heterocycles. The third-order valence-electron chi connectivity index (χ3n) is 2.68. The quantitative estimate of drug-likeness (QED) is 0.843. The molecule has 0 aliphatic carbocycles. The van der Waals surface area contributed by atoms with Gasteiger partial charge in [-0.1, -0.05) is 35.9 Å². The molecule has 1 rings (SSSR count). The smallest absolute Gasteiger partial charge is 0.428 e. The second-order valence-corrected chi connectivity index (χ2v) is 4.67. The van der Waals surface area contributed by atoms with Gasteiger partial charge in [0.25, 0.3) is 5.60 Å². The van der Waals surface area contributed by atoms with Gasteiger partial charge in [-0.05, 0) is 24.6 Å². The number of benzene rings is 1. The monoisotopic (exact) mass is 322 g/mol. The average molecular weight is 323 g/mol. The van der Waals surface area contributed by atoms with Crippen molar-refractivity contribution in [1.82, 2.24) is 0 Å². The van der Waals surface area contributed by atoms with Crippen molar-refractivity contribution < 1.29 is 27.8 Å². The van der Waals surface area contributed by atoms with Gasteiger partial charge < -0.3 is 9.84 Å². The molecule has 0 bridgehead atoms. The standard InChI is InChI=1S/C14H14ClF3O3/c1-2-21-12(19)13(20,14(16,17)18)9-3-4-10-5-7-11(15)8-6-10/h3-8,20H,2,9H2,1H3. The second-order valence-electron chi connectivity index (χ2n) is 4.24. The molecule has 1 aromatic carbocycles. The molecule has 1 aromatic rings. The summed E-state index contributed by atoms with van der Waals surface area (Å²) < 4.78 is 42.9. The van der Waals surface area contributed by atoms with E-state index in [1.165, 1.54) is 13.0 Å². The first kappa shape index (κ1) is 17.5. The lowest BCUT2D eigenvalue weighted by Gasteiger charge is -2.26. The minimum absolute atomic E-state index is 0.252. The van der Waals surface area contributed by atoms with Gasteiger partial charge in [0.1, 0.15) is 0 Å². The molecule has 7 heteroatoms. The Labute approximate surface area is 125 Å². The van der Waals surface area contributed by atoms with E-state index in [9.17, 15) is 23.1 Å². The zero-order valence-electron chi connectivity index (χ0n) is 11.2. The average Bonchev–Trinajstić information content (AvgIpc) is 2.39. The van der Waals surface area contributed by atoms with Crippen LogP contribution < -0.4 is 0 Å². The third kappa shape index (κ3) is 4.47. The molecule has 21 heavy (non-hydrogen) atoms. The number of hydrogen-bond acceptors (Lipinski definition) is 3. The van der Waals surface area contributed by atoms with Gasteiger partial charge in [-0.2, -0.15) is 13.2 Å². The van der Waals surface area contributed by atoms with Gasteiger partial charge in [-0.3, -0.25) is 0 Å². The van der Waals surface area contributed by atoms with E-state index in [0.717, 1.165) is 6.08 Å². The van der Waals surface area contributed by atoms with Crippen LogP contribution >= 0.6 is 11.6 Å². The molecule has 116 valence electrons. The molecule has 0 aliphatic rings. The molecular formula is C14H14ClF3O3. The minimum atomic E-state index is -5.12. The van der Waals surface area contributed by atoms with Crippen LogP contribution in [0.4, 0.5) is 13.2 Å². The molecule has 3 nitrogen and oxygen atoms in total. The van der Waals surface area contributed by atoms with Crippen molar-refractivity contribution in [1.29, 1.82) is 0 Å². The Kier molecular flexibility index (Phi) is 5.80. The van der Waals surface area contributed by atoms with E-state index in [1.807, 2.05) is 0 Å². The van der Waals surface area contributed by atoms with Crippen molar-refractivity contribution in [3.8, 4) is 0 Å². The fourth-order valence-corrected chi connectivity index (χ4v) is 1.63. The first-order valence-electron chi connectivity index (χ1n) is 6.09. The summed E-state index contributed by atoms with van der Waals surface area (Å²) in [6.07, 6.45) is -3.64. The zero-order valence-corrected chi connectivity index (χ0v) is 11.9. The van der Waals surface area contributed by atoms with Gasteiger partial charge in [0.05, 0.1) is 6.61 Å². The maximum absolute atomic E-state index is 12.9. The molecule has 1 unspecified atom stereocenters. The lowest BCUT2D eigenvalue weighted by atomic mass is 9.98.